The molecule has 5 nitrogen and oxygen atoms in total. The van der Waals surface area contributed by atoms with Gasteiger partial charge in [-0.25, -0.2) is 4.79 Å². The number of fused-ring (bicyclic) bond motifs is 1. The SMILES string of the molecule is O=C(CCCC[C@@H]1SC[C@@H]2NC(=O)N[C@@H]21)N[C@@H](c1ccccc1)C1CC1. The van der Waals surface area contributed by atoms with Crippen LogP contribution in [0.15, 0.2) is 30.3 Å². The van der Waals surface area contributed by atoms with Crippen LogP contribution in [0.4, 0.5) is 4.79 Å². The summed E-state index contributed by atoms with van der Waals surface area (Å²) in [6, 6.07) is 11.0. The molecular weight excluding hydrogens is 346 g/mol. The second-order valence-electron chi connectivity index (χ2n) is 7.66. The van der Waals surface area contributed by atoms with Crippen LogP contribution in [-0.2, 0) is 4.79 Å². The first-order chi connectivity index (χ1) is 12.7. The average molecular weight is 374 g/mol. The van der Waals surface area contributed by atoms with Crippen LogP contribution in [0.1, 0.15) is 50.1 Å². The van der Waals surface area contributed by atoms with Crippen LogP contribution in [0.5, 0.6) is 0 Å². The molecule has 3 N–H and O–H groups in total. The van der Waals surface area contributed by atoms with Gasteiger partial charge in [0, 0.05) is 17.4 Å². The zero-order valence-electron chi connectivity index (χ0n) is 14.9. The third-order valence-corrected chi connectivity index (χ3v) is 7.16. The van der Waals surface area contributed by atoms with Gasteiger partial charge in [-0.05, 0) is 37.2 Å². The van der Waals surface area contributed by atoms with Crippen LogP contribution in [0.2, 0.25) is 0 Å². The second kappa shape index (κ2) is 7.91. The van der Waals surface area contributed by atoms with Gasteiger partial charge in [-0.2, -0.15) is 11.8 Å². The number of benzene rings is 1. The molecule has 1 aliphatic carbocycles. The molecule has 0 radical (unpaired) electrons. The Balaban J connectivity index is 1.19. The molecular formula is C20H27N3O2S. The Labute approximate surface area is 159 Å². The van der Waals surface area contributed by atoms with E-state index in [2.05, 4.69) is 28.1 Å². The molecule has 140 valence electrons. The topological polar surface area (TPSA) is 70.2 Å². The fourth-order valence-corrected chi connectivity index (χ4v) is 5.63. The molecule has 0 bridgehead atoms. The summed E-state index contributed by atoms with van der Waals surface area (Å²) in [4.78, 5) is 23.8. The van der Waals surface area contributed by atoms with Crippen molar-refractivity contribution in [3.05, 3.63) is 35.9 Å². The molecule has 26 heavy (non-hydrogen) atoms. The summed E-state index contributed by atoms with van der Waals surface area (Å²) in [5.41, 5.74) is 1.22. The molecule has 1 saturated carbocycles. The molecule has 0 spiro atoms. The molecule has 3 aliphatic rings. The minimum Gasteiger partial charge on any atom is -0.349 e. The van der Waals surface area contributed by atoms with Gasteiger partial charge in [-0.3, -0.25) is 4.79 Å². The maximum atomic E-state index is 12.4. The van der Waals surface area contributed by atoms with Crippen molar-refractivity contribution in [2.75, 3.05) is 5.75 Å². The third-order valence-electron chi connectivity index (χ3n) is 5.65. The second-order valence-corrected chi connectivity index (χ2v) is 8.93. The van der Waals surface area contributed by atoms with E-state index in [1.54, 1.807) is 0 Å². The molecule has 2 aliphatic heterocycles. The third kappa shape index (κ3) is 4.17. The van der Waals surface area contributed by atoms with E-state index in [-0.39, 0.29) is 30.1 Å². The Hall–Kier alpha value is -1.69. The molecule has 6 heteroatoms. The maximum Gasteiger partial charge on any atom is 0.315 e. The van der Waals surface area contributed by atoms with Gasteiger partial charge >= 0.3 is 6.03 Å². The Morgan fingerprint density at radius 1 is 1.19 bits per heavy atom. The Bertz CT molecular complexity index is 650. The smallest absolute Gasteiger partial charge is 0.315 e. The summed E-state index contributed by atoms with van der Waals surface area (Å²) in [6.07, 6.45) is 6.01. The van der Waals surface area contributed by atoms with Crippen LogP contribution in [-0.4, -0.2) is 35.0 Å². The van der Waals surface area contributed by atoms with Crippen LogP contribution in [0.3, 0.4) is 0 Å². The van der Waals surface area contributed by atoms with E-state index >= 15 is 0 Å². The van der Waals surface area contributed by atoms with Crippen molar-refractivity contribution in [2.24, 2.45) is 5.92 Å². The van der Waals surface area contributed by atoms with Crippen molar-refractivity contribution in [2.45, 2.75) is 61.9 Å². The van der Waals surface area contributed by atoms with Crippen molar-refractivity contribution in [3.63, 3.8) is 0 Å². The standard InChI is InChI=1S/C20H27N3O2S/c24-17(22-18(14-10-11-14)13-6-2-1-3-7-13)9-5-4-8-16-19-15(12-26-16)21-20(25)23-19/h1-3,6-7,14-16,18-19H,4-5,8-12H2,(H,22,24)(H2,21,23,25)/t15-,16-,18-,19-/m0/s1. The van der Waals surface area contributed by atoms with Gasteiger partial charge < -0.3 is 16.0 Å². The van der Waals surface area contributed by atoms with Gasteiger partial charge in [0.15, 0.2) is 0 Å². The monoisotopic (exact) mass is 373 g/mol. The van der Waals surface area contributed by atoms with Crippen LogP contribution in [0.25, 0.3) is 0 Å². The molecule has 3 fully saturated rings. The normalized spacial score (nSPS) is 28.2. The first-order valence-electron chi connectivity index (χ1n) is 9.73. The molecule has 2 saturated heterocycles. The highest BCUT2D eigenvalue weighted by Gasteiger charge is 2.42. The number of hydrogen-bond acceptors (Lipinski definition) is 3. The highest BCUT2D eigenvalue weighted by molar-refractivity contribution is 8.00. The van der Waals surface area contributed by atoms with Crippen molar-refractivity contribution in [1.29, 1.82) is 0 Å². The van der Waals surface area contributed by atoms with E-state index in [4.69, 9.17) is 0 Å². The molecule has 4 rings (SSSR count). The van der Waals surface area contributed by atoms with Gasteiger partial charge in [0.25, 0.3) is 0 Å². The molecule has 4 atom stereocenters. The lowest BCUT2D eigenvalue weighted by Crippen LogP contribution is -2.36. The highest BCUT2D eigenvalue weighted by Crippen LogP contribution is 2.41. The van der Waals surface area contributed by atoms with Gasteiger partial charge in [-0.1, -0.05) is 36.8 Å². The number of urea groups is 1. The highest BCUT2D eigenvalue weighted by atomic mass is 32.2. The minimum atomic E-state index is -0.0308. The lowest BCUT2D eigenvalue weighted by atomic mass is 10.0. The first-order valence-corrected chi connectivity index (χ1v) is 10.8. The lowest BCUT2D eigenvalue weighted by Gasteiger charge is -2.19. The summed E-state index contributed by atoms with van der Waals surface area (Å²) in [5.74, 6) is 1.76. The lowest BCUT2D eigenvalue weighted by molar-refractivity contribution is -0.122. The van der Waals surface area contributed by atoms with Crippen molar-refractivity contribution < 1.29 is 9.59 Å². The van der Waals surface area contributed by atoms with E-state index in [0.717, 1.165) is 25.0 Å². The predicted octanol–water partition coefficient (Wildman–Crippen LogP) is 2.98. The fraction of sp³-hybridized carbons (Fsp3) is 0.600. The number of hydrogen-bond donors (Lipinski definition) is 3. The quantitative estimate of drug-likeness (QED) is 0.485. The van der Waals surface area contributed by atoms with Gasteiger partial charge in [0.2, 0.25) is 5.91 Å². The number of unbranched alkanes of at least 4 members (excludes halogenated alkanes) is 1. The minimum absolute atomic E-state index is 0.0308. The average Bonchev–Trinajstić information content (AvgIpc) is 3.33. The number of nitrogens with one attached hydrogen (secondary N) is 3. The first kappa shape index (κ1) is 17.7. The van der Waals surface area contributed by atoms with Crippen LogP contribution >= 0.6 is 11.8 Å². The molecule has 3 amide bonds. The molecule has 0 aromatic heterocycles. The van der Waals surface area contributed by atoms with Gasteiger partial charge in [0.05, 0.1) is 18.1 Å². The summed E-state index contributed by atoms with van der Waals surface area (Å²) >= 11 is 1.94. The van der Waals surface area contributed by atoms with Crippen molar-refractivity contribution in [3.8, 4) is 0 Å². The number of carbonyl (C=O) groups is 2. The van der Waals surface area contributed by atoms with Crippen LogP contribution in [0, 0.1) is 5.92 Å². The van der Waals surface area contributed by atoms with Gasteiger partial charge in [-0.15, -0.1) is 0 Å². The zero-order valence-corrected chi connectivity index (χ0v) is 15.8. The predicted molar refractivity (Wildman–Crippen MR) is 104 cm³/mol. The van der Waals surface area contributed by atoms with E-state index in [9.17, 15) is 9.59 Å². The Morgan fingerprint density at radius 3 is 2.77 bits per heavy atom. The van der Waals surface area contributed by atoms with Crippen LogP contribution < -0.4 is 16.0 Å². The molecule has 1 aromatic carbocycles. The van der Waals surface area contributed by atoms with Crippen molar-refractivity contribution in [1.82, 2.24) is 16.0 Å². The number of thioether (sulfide) groups is 1. The maximum absolute atomic E-state index is 12.4. The number of amides is 3. The van der Waals surface area contributed by atoms with E-state index in [0.29, 0.717) is 17.6 Å². The molecule has 1 aromatic rings. The summed E-state index contributed by atoms with van der Waals surface area (Å²) in [5, 5.41) is 9.73. The van der Waals surface area contributed by atoms with E-state index < -0.39 is 0 Å². The number of carbonyl (C=O) groups excluding carboxylic acids is 2. The summed E-state index contributed by atoms with van der Waals surface area (Å²) in [7, 11) is 0. The van der Waals surface area contributed by atoms with E-state index in [1.165, 1.54) is 18.4 Å². The molecule has 0 unspecified atom stereocenters. The van der Waals surface area contributed by atoms with Crippen molar-refractivity contribution >= 4 is 23.7 Å². The Kier molecular flexibility index (Phi) is 5.38. The number of rotatable bonds is 8. The van der Waals surface area contributed by atoms with E-state index in [1.807, 2.05) is 30.0 Å². The Morgan fingerprint density at radius 2 is 2.00 bits per heavy atom. The molecule has 2 heterocycles. The fourth-order valence-electron chi connectivity index (χ4n) is 4.08. The largest absolute Gasteiger partial charge is 0.349 e. The summed E-state index contributed by atoms with van der Waals surface area (Å²) < 4.78 is 0. The van der Waals surface area contributed by atoms with Gasteiger partial charge in [0.1, 0.15) is 0 Å². The zero-order chi connectivity index (χ0) is 17.9. The summed E-state index contributed by atoms with van der Waals surface area (Å²) in [6.45, 7) is 0.